The fourth-order valence-electron chi connectivity index (χ4n) is 3.84. The van der Waals surface area contributed by atoms with Gasteiger partial charge in [0.1, 0.15) is 34.6 Å². The number of piperidine rings is 1. The topological polar surface area (TPSA) is 119 Å². The first-order chi connectivity index (χ1) is 15.0. The lowest BCUT2D eigenvalue weighted by molar-refractivity contribution is 0.100. The normalized spacial score (nSPS) is 15.3. The molecule has 1 aliphatic rings. The Morgan fingerprint density at radius 3 is 2.84 bits per heavy atom. The molecular formula is C21H25FN6O2S. The zero-order valence-electron chi connectivity index (χ0n) is 17.2. The number of nitrogens with zero attached hydrogens (tertiary/aromatic N) is 3. The van der Waals surface area contributed by atoms with Crippen LogP contribution in [0.25, 0.3) is 10.2 Å². The Morgan fingerprint density at radius 2 is 2.13 bits per heavy atom. The summed E-state index contributed by atoms with van der Waals surface area (Å²) in [4.78, 5) is 23.7. The molecule has 1 amide bonds. The molecule has 8 nitrogen and oxygen atoms in total. The number of thiophene rings is 1. The summed E-state index contributed by atoms with van der Waals surface area (Å²) in [6, 6.07) is 4.37. The molecule has 0 spiro atoms. The predicted octanol–water partition coefficient (Wildman–Crippen LogP) is 2.78. The summed E-state index contributed by atoms with van der Waals surface area (Å²) in [5.41, 5.74) is 12.4. The van der Waals surface area contributed by atoms with Crippen LogP contribution in [0.1, 0.15) is 28.1 Å². The molecule has 0 aliphatic carbocycles. The second kappa shape index (κ2) is 9.13. The van der Waals surface area contributed by atoms with Crippen molar-refractivity contribution >= 4 is 39.0 Å². The van der Waals surface area contributed by atoms with E-state index in [4.69, 9.17) is 16.2 Å². The second-order valence-electron chi connectivity index (χ2n) is 7.54. The number of halogens is 1. The van der Waals surface area contributed by atoms with Crippen LogP contribution < -0.4 is 21.5 Å². The molecule has 3 aromatic rings. The van der Waals surface area contributed by atoms with E-state index in [1.165, 1.54) is 29.8 Å². The highest BCUT2D eigenvalue weighted by molar-refractivity contribution is 7.20. The molecule has 0 bridgehead atoms. The molecule has 0 radical (unpaired) electrons. The zero-order valence-corrected chi connectivity index (χ0v) is 18.0. The number of hydrogen-bond acceptors (Lipinski definition) is 8. The number of carbonyl (C=O) groups excluding carboxylic acids is 1. The molecular weight excluding hydrogens is 419 g/mol. The lowest BCUT2D eigenvalue weighted by Gasteiger charge is -2.32. The summed E-state index contributed by atoms with van der Waals surface area (Å²) >= 11 is 1.23. The summed E-state index contributed by atoms with van der Waals surface area (Å²) in [5, 5.41) is 3.95. The minimum absolute atomic E-state index is 0.00820. The number of nitrogens with one attached hydrogen (secondary N) is 1. The largest absolute Gasteiger partial charge is 0.488 e. The monoisotopic (exact) mass is 444 g/mol. The second-order valence-corrected chi connectivity index (χ2v) is 8.53. The van der Waals surface area contributed by atoms with E-state index in [-0.39, 0.29) is 11.9 Å². The molecule has 1 saturated heterocycles. The first kappa shape index (κ1) is 21.4. The number of aryl methyl sites for hydroxylation is 1. The first-order valence-corrected chi connectivity index (χ1v) is 11.0. The Labute approximate surface area is 183 Å². The summed E-state index contributed by atoms with van der Waals surface area (Å²) in [7, 11) is 0. The smallest absolute Gasteiger partial charge is 0.259 e. The van der Waals surface area contributed by atoms with E-state index < -0.39 is 5.91 Å². The first-order valence-electron chi connectivity index (χ1n) is 10.2. The van der Waals surface area contributed by atoms with Gasteiger partial charge in [0.2, 0.25) is 0 Å². The Balaban J connectivity index is 1.60. The third kappa shape index (κ3) is 4.60. The average Bonchev–Trinajstić information content (AvgIpc) is 3.09. The van der Waals surface area contributed by atoms with Gasteiger partial charge in [-0.1, -0.05) is 0 Å². The molecule has 10 heteroatoms. The van der Waals surface area contributed by atoms with E-state index in [2.05, 4.69) is 20.2 Å². The molecule has 164 valence electrons. The maximum Gasteiger partial charge on any atom is 0.259 e. The van der Waals surface area contributed by atoms with Crippen molar-refractivity contribution < 1.29 is 13.9 Å². The van der Waals surface area contributed by atoms with Crippen molar-refractivity contribution in [2.24, 2.45) is 11.5 Å². The van der Waals surface area contributed by atoms with Gasteiger partial charge in [0.15, 0.2) is 0 Å². The van der Waals surface area contributed by atoms with E-state index in [0.29, 0.717) is 44.5 Å². The van der Waals surface area contributed by atoms with Crippen molar-refractivity contribution in [1.82, 2.24) is 14.9 Å². The van der Waals surface area contributed by atoms with E-state index in [1.54, 1.807) is 6.07 Å². The number of carbonyl (C=O) groups is 1. The number of aromatic nitrogens is 2. The molecule has 3 heterocycles. The number of nitrogens with two attached hydrogens (primary N) is 2. The number of fused-ring (bicyclic) bond motifs is 1. The summed E-state index contributed by atoms with van der Waals surface area (Å²) in [6.07, 6.45) is 3.10. The van der Waals surface area contributed by atoms with Crippen LogP contribution in [0.3, 0.4) is 0 Å². The highest BCUT2D eigenvalue weighted by atomic mass is 32.1. The third-order valence-electron chi connectivity index (χ3n) is 5.42. The molecule has 5 N–H and O–H groups in total. The van der Waals surface area contributed by atoms with Gasteiger partial charge in [-0.3, -0.25) is 4.79 Å². The molecule has 0 atom stereocenters. The van der Waals surface area contributed by atoms with Crippen LogP contribution in [-0.2, 0) is 0 Å². The van der Waals surface area contributed by atoms with Crippen LogP contribution >= 0.6 is 11.3 Å². The van der Waals surface area contributed by atoms with Crippen LogP contribution in [0.2, 0.25) is 0 Å². The fourth-order valence-corrected chi connectivity index (χ4v) is 4.84. The van der Waals surface area contributed by atoms with Gasteiger partial charge in [-0.15, -0.1) is 11.3 Å². The summed E-state index contributed by atoms with van der Waals surface area (Å²) < 4.78 is 20.2. The van der Waals surface area contributed by atoms with Crippen molar-refractivity contribution in [3.63, 3.8) is 0 Å². The summed E-state index contributed by atoms with van der Waals surface area (Å²) in [5.74, 6) is 0.0578. The SMILES string of the molecule is Cc1c(C(N)=O)sc2ncnc(Nc3ccc(F)cc3OC3CCN(CCN)CC3)c12. The van der Waals surface area contributed by atoms with E-state index in [0.717, 1.165) is 32.5 Å². The van der Waals surface area contributed by atoms with Gasteiger partial charge < -0.3 is 26.4 Å². The Kier molecular flexibility index (Phi) is 6.30. The maximum absolute atomic E-state index is 14.0. The quantitative estimate of drug-likeness (QED) is 0.513. The van der Waals surface area contributed by atoms with Gasteiger partial charge in [-0.25, -0.2) is 14.4 Å². The Morgan fingerprint density at radius 1 is 1.35 bits per heavy atom. The standard InChI is InChI=1S/C21H25FN6O2S/c1-12-17-20(25-11-26-21(17)31-18(12)19(24)29)27-15-3-2-13(22)10-16(15)30-14-4-7-28(8-5-14)9-6-23/h2-3,10-11,14H,4-9,23H2,1H3,(H2,24,29)(H,25,26,27). The van der Waals surface area contributed by atoms with Crippen LogP contribution in [0.4, 0.5) is 15.9 Å². The van der Waals surface area contributed by atoms with Crippen molar-refractivity contribution in [3.8, 4) is 5.75 Å². The number of ether oxygens (including phenoxy) is 1. The number of rotatable bonds is 7. The van der Waals surface area contributed by atoms with Gasteiger partial charge in [-0.2, -0.15) is 0 Å². The average molecular weight is 445 g/mol. The molecule has 31 heavy (non-hydrogen) atoms. The highest BCUT2D eigenvalue weighted by Gasteiger charge is 2.22. The number of anilines is 2. The van der Waals surface area contributed by atoms with Gasteiger partial charge in [0, 0.05) is 32.2 Å². The molecule has 1 aromatic carbocycles. The minimum Gasteiger partial charge on any atom is -0.488 e. The van der Waals surface area contributed by atoms with Crippen molar-refractivity contribution in [2.45, 2.75) is 25.9 Å². The number of primary amides is 1. The van der Waals surface area contributed by atoms with Gasteiger partial charge >= 0.3 is 0 Å². The molecule has 2 aromatic heterocycles. The van der Waals surface area contributed by atoms with Crippen molar-refractivity contribution in [3.05, 3.63) is 40.8 Å². The number of amides is 1. The number of likely N-dealkylation sites (tertiary alicyclic amines) is 1. The van der Waals surface area contributed by atoms with Gasteiger partial charge in [0.25, 0.3) is 5.91 Å². The highest BCUT2D eigenvalue weighted by Crippen LogP contribution is 2.36. The van der Waals surface area contributed by atoms with E-state index in [1.807, 2.05) is 6.92 Å². The van der Waals surface area contributed by atoms with Gasteiger partial charge in [-0.05, 0) is 37.5 Å². The lowest BCUT2D eigenvalue weighted by Crippen LogP contribution is -2.40. The Hall–Kier alpha value is -2.82. The van der Waals surface area contributed by atoms with Crippen LogP contribution in [-0.4, -0.2) is 53.1 Å². The van der Waals surface area contributed by atoms with E-state index >= 15 is 0 Å². The predicted molar refractivity (Wildman–Crippen MR) is 119 cm³/mol. The minimum atomic E-state index is -0.502. The van der Waals surface area contributed by atoms with Gasteiger partial charge in [0.05, 0.1) is 16.0 Å². The third-order valence-corrected chi connectivity index (χ3v) is 6.64. The Bertz CT molecular complexity index is 1100. The van der Waals surface area contributed by atoms with E-state index in [9.17, 15) is 9.18 Å². The molecule has 0 unspecified atom stereocenters. The molecule has 0 saturated carbocycles. The van der Waals surface area contributed by atoms with Crippen LogP contribution in [0, 0.1) is 12.7 Å². The summed E-state index contributed by atoms with van der Waals surface area (Å²) in [6.45, 7) is 5.12. The lowest BCUT2D eigenvalue weighted by atomic mass is 10.1. The fraction of sp³-hybridized carbons (Fsp3) is 0.381. The molecule has 1 aliphatic heterocycles. The maximum atomic E-state index is 14.0. The molecule has 4 rings (SSSR count). The molecule has 1 fully saturated rings. The zero-order chi connectivity index (χ0) is 22.0. The number of benzene rings is 1. The van der Waals surface area contributed by atoms with Crippen molar-refractivity contribution in [1.29, 1.82) is 0 Å². The van der Waals surface area contributed by atoms with Crippen LogP contribution in [0.15, 0.2) is 24.5 Å². The van der Waals surface area contributed by atoms with Crippen LogP contribution in [0.5, 0.6) is 5.75 Å². The van der Waals surface area contributed by atoms with Crippen molar-refractivity contribution in [2.75, 3.05) is 31.5 Å². The number of hydrogen-bond donors (Lipinski definition) is 3.